The Morgan fingerprint density at radius 2 is 1.06 bits per heavy atom. The van der Waals surface area contributed by atoms with Crippen molar-refractivity contribution < 1.29 is 23.9 Å². The van der Waals surface area contributed by atoms with Crippen LogP contribution in [0.25, 0.3) is 0 Å². The van der Waals surface area contributed by atoms with Gasteiger partial charge in [0, 0.05) is 0 Å². The Balaban J connectivity index is 3.72. The number of allylic oxidation sites excluding steroid dienone is 4. The Kier molecular flexibility index (Phi) is 17.7. The van der Waals surface area contributed by atoms with Crippen LogP contribution in [0.4, 0.5) is 0 Å². The molecular formula is C26H53NO4P+. The minimum absolute atomic E-state index is 0.0255. The average Bonchev–Trinajstić information content (AvgIpc) is 2.67. The summed E-state index contributed by atoms with van der Waals surface area (Å²) in [4.78, 5) is 19.1. The molecule has 1 unspecified atom stereocenters. The zero-order valence-corrected chi connectivity index (χ0v) is 22.4. The number of aliphatic hydroxyl groups is 1. The van der Waals surface area contributed by atoms with Gasteiger partial charge in [-0.25, -0.2) is 0 Å². The number of nitrogens with zero attached hydrogens (tertiary/aromatic N) is 1. The fourth-order valence-electron chi connectivity index (χ4n) is 3.96. The molecule has 32 heavy (non-hydrogen) atoms. The van der Waals surface area contributed by atoms with E-state index in [4.69, 9.17) is 0 Å². The van der Waals surface area contributed by atoms with Crippen LogP contribution in [0, 0.1) is 0 Å². The second-order valence-corrected chi connectivity index (χ2v) is 12.3. The summed E-state index contributed by atoms with van der Waals surface area (Å²) >= 11 is 0. The quantitative estimate of drug-likeness (QED) is 0.0729. The van der Waals surface area contributed by atoms with Crippen LogP contribution in [0.15, 0.2) is 24.3 Å². The van der Waals surface area contributed by atoms with Crippen molar-refractivity contribution in [2.75, 3.05) is 27.7 Å². The van der Waals surface area contributed by atoms with Crippen molar-refractivity contribution in [3.8, 4) is 0 Å². The minimum atomic E-state index is -4.58. The van der Waals surface area contributed by atoms with E-state index < -0.39 is 12.9 Å². The van der Waals surface area contributed by atoms with Crippen LogP contribution in [0.3, 0.4) is 0 Å². The van der Waals surface area contributed by atoms with Gasteiger partial charge in [0.15, 0.2) is 0 Å². The molecule has 0 aromatic carbocycles. The molecule has 0 aromatic heterocycles. The monoisotopic (exact) mass is 474 g/mol. The van der Waals surface area contributed by atoms with Crippen molar-refractivity contribution in [3.05, 3.63) is 24.3 Å². The van der Waals surface area contributed by atoms with Gasteiger partial charge in [-0.1, -0.05) is 82.6 Å². The first-order valence-electron chi connectivity index (χ1n) is 12.9. The molecule has 0 aromatic rings. The third-order valence-corrected chi connectivity index (χ3v) is 7.23. The first kappa shape index (κ1) is 31.6. The predicted molar refractivity (Wildman–Crippen MR) is 138 cm³/mol. The van der Waals surface area contributed by atoms with Crippen molar-refractivity contribution in [1.29, 1.82) is 0 Å². The number of hydrogen-bond donors (Lipinski definition) is 3. The third kappa shape index (κ3) is 18.0. The number of hydrogen-bond acceptors (Lipinski definition) is 2. The van der Waals surface area contributed by atoms with Crippen molar-refractivity contribution >= 4 is 7.60 Å². The number of likely N-dealkylation sites (N-methyl/N-ethyl adjacent to an activating group) is 1. The Labute approximate surface area is 198 Å². The van der Waals surface area contributed by atoms with Gasteiger partial charge >= 0.3 is 7.60 Å². The van der Waals surface area contributed by atoms with E-state index in [9.17, 15) is 19.5 Å². The standard InChI is InChI=1S/C26H52NO4P/c1-5-6-7-8-9-10-11-12-13-14-15-16-17-18-19-20-21-22-23-24-26(28,32(29,30)31)25-27(2,3)4/h14-15,21-22,28H,5-13,16-20,23-25H2,1-4H3,(H-,29,30,31)/p+1/b15-14-,22-21-. The molecule has 0 aliphatic heterocycles. The molecule has 0 fully saturated rings. The van der Waals surface area contributed by atoms with Crippen molar-refractivity contribution in [2.24, 2.45) is 0 Å². The first-order valence-corrected chi connectivity index (χ1v) is 14.5. The number of rotatable bonds is 21. The van der Waals surface area contributed by atoms with Gasteiger partial charge in [0.25, 0.3) is 0 Å². The molecule has 0 bridgehead atoms. The predicted octanol–water partition coefficient (Wildman–Crippen LogP) is 6.93. The molecule has 0 aliphatic carbocycles. The van der Waals surface area contributed by atoms with Gasteiger partial charge in [0.05, 0.1) is 21.1 Å². The van der Waals surface area contributed by atoms with Crippen LogP contribution in [0.2, 0.25) is 0 Å². The average molecular weight is 475 g/mol. The highest BCUT2D eigenvalue weighted by Gasteiger charge is 2.48. The zero-order chi connectivity index (χ0) is 24.3. The molecule has 0 aliphatic rings. The summed E-state index contributed by atoms with van der Waals surface area (Å²) in [5.74, 6) is 0. The lowest BCUT2D eigenvalue weighted by Crippen LogP contribution is -2.49. The maximum atomic E-state index is 11.8. The molecule has 0 spiro atoms. The Morgan fingerprint density at radius 3 is 1.47 bits per heavy atom. The largest absolute Gasteiger partial charge is 0.373 e. The van der Waals surface area contributed by atoms with Crippen LogP contribution < -0.4 is 0 Å². The fraction of sp³-hybridized carbons (Fsp3) is 0.846. The van der Waals surface area contributed by atoms with Crippen LogP contribution >= 0.6 is 7.60 Å². The Morgan fingerprint density at radius 1 is 0.688 bits per heavy atom. The van der Waals surface area contributed by atoms with Crippen molar-refractivity contribution in [1.82, 2.24) is 0 Å². The van der Waals surface area contributed by atoms with Gasteiger partial charge in [0.2, 0.25) is 5.34 Å². The first-order chi connectivity index (χ1) is 15.0. The fourth-order valence-corrected chi connectivity index (χ4v) is 4.99. The lowest BCUT2D eigenvalue weighted by molar-refractivity contribution is -0.875. The molecular weight excluding hydrogens is 421 g/mol. The highest BCUT2D eigenvalue weighted by molar-refractivity contribution is 7.53. The minimum Gasteiger partial charge on any atom is -0.373 e. The molecule has 190 valence electrons. The molecule has 5 nitrogen and oxygen atoms in total. The topological polar surface area (TPSA) is 77.8 Å². The summed E-state index contributed by atoms with van der Waals surface area (Å²) in [7, 11) is 0.886. The van der Waals surface area contributed by atoms with E-state index in [2.05, 4.69) is 25.2 Å². The molecule has 3 N–H and O–H groups in total. The van der Waals surface area contributed by atoms with E-state index in [1.807, 2.05) is 27.2 Å². The van der Waals surface area contributed by atoms with E-state index in [1.54, 1.807) is 0 Å². The van der Waals surface area contributed by atoms with Gasteiger partial charge in [-0.3, -0.25) is 4.57 Å². The molecule has 0 radical (unpaired) electrons. The van der Waals surface area contributed by atoms with E-state index >= 15 is 0 Å². The number of quaternary nitrogens is 1. The summed E-state index contributed by atoms with van der Waals surface area (Å²) in [5.41, 5.74) is 0. The Bertz CT molecular complexity index is 551. The Hall–Kier alpha value is -0.450. The van der Waals surface area contributed by atoms with Gasteiger partial charge in [0.1, 0.15) is 6.54 Å². The number of unbranched alkanes of at least 4 members (excludes halogenated alkanes) is 12. The van der Waals surface area contributed by atoms with E-state index in [-0.39, 0.29) is 13.0 Å². The summed E-state index contributed by atoms with van der Waals surface area (Å²) in [5, 5.41) is 8.55. The van der Waals surface area contributed by atoms with Gasteiger partial charge in [-0.2, -0.15) is 0 Å². The lowest BCUT2D eigenvalue weighted by Gasteiger charge is -2.35. The SMILES string of the molecule is CCCCCCCCCC/C=C\CCCCC/C=C\CCC(O)(C[N+](C)(C)C)P(=O)(O)O. The maximum Gasteiger partial charge on any atom is 0.362 e. The van der Waals surface area contributed by atoms with Crippen molar-refractivity contribution in [3.63, 3.8) is 0 Å². The highest BCUT2D eigenvalue weighted by atomic mass is 31.2. The van der Waals surface area contributed by atoms with Gasteiger partial charge in [-0.15, -0.1) is 0 Å². The van der Waals surface area contributed by atoms with Crippen molar-refractivity contribution in [2.45, 2.75) is 115 Å². The molecule has 0 heterocycles. The maximum absolute atomic E-state index is 11.8. The summed E-state index contributed by atoms with van der Waals surface area (Å²) in [6.07, 6.45) is 27.1. The molecule has 0 rings (SSSR count). The van der Waals surface area contributed by atoms with Gasteiger partial charge < -0.3 is 19.4 Å². The molecule has 6 heteroatoms. The smallest absolute Gasteiger partial charge is 0.362 e. The zero-order valence-electron chi connectivity index (χ0n) is 21.5. The summed E-state index contributed by atoms with van der Waals surface area (Å²) in [6.45, 7) is 2.29. The highest BCUT2D eigenvalue weighted by Crippen LogP contribution is 2.52. The van der Waals surface area contributed by atoms with E-state index in [0.29, 0.717) is 10.9 Å². The molecule has 1 atom stereocenters. The van der Waals surface area contributed by atoms with E-state index in [0.717, 1.165) is 19.3 Å². The van der Waals surface area contributed by atoms with Crippen LogP contribution in [-0.4, -0.2) is 52.4 Å². The van der Waals surface area contributed by atoms with Crippen LogP contribution in [0.1, 0.15) is 110 Å². The lowest BCUT2D eigenvalue weighted by atomic mass is 10.1. The third-order valence-electron chi connectivity index (χ3n) is 5.78. The van der Waals surface area contributed by atoms with Crippen LogP contribution in [0.5, 0.6) is 0 Å². The van der Waals surface area contributed by atoms with Crippen LogP contribution in [-0.2, 0) is 4.57 Å². The normalized spacial score (nSPS) is 15.1. The molecule has 0 saturated carbocycles. The molecule has 0 saturated heterocycles. The summed E-state index contributed by atoms with van der Waals surface area (Å²) < 4.78 is 12.1. The second-order valence-electron chi connectivity index (χ2n) is 10.4. The van der Waals surface area contributed by atoms with E-state index in [1.165, 1.54) is 70.6 Å². The van der Waals surface area contributed by atoms with Gasteiger partial charge in [-0.05, 0) is 51.4 Å². The molecule has 0 amide bonds. The second kappa shape index (κ2) is 18.0. The summed E-state index contributed by atoms with van der Waals surface area (Å²) in [6, 6.07) is 0.